The van der Waals surface area contributed by atoms with Crippen LogP contribution in [0.4, 0.5) is 0 Å². The Morgan fingerprint density at radius 1 is 1.20 bits per heavy atom. The van der Waals surface area contributed by atoms with Crippen LogP contribution in [0.25, 0.3) is 0 Å². The second kappa shape index (κ2) is 5.78. The predicted octanol–water partition coefficient (Wildman–Crippen LogP) is -1.58. The van der Waals surface area contributed by atoms with E-state index in [1.54, 1.807) is 0 Å². The van der Waals surface area contributed by atoms with Crippen LogP contribution in [-0.4, -0.2) is 60.1 Å². The van der Waals surface area contributed by atoms with Crippen molar-refractivity contribution in [3.05, 3.63) is 0 Å². The van der Waals surface area contributed by atoms with Gasteiger partial charge in [0.25, 0.3) is 0 Å². The van der Waals surface area contributed by atoms with E-state index in [-0.39, 0.29) is 23.9 Å². The molecule has 0 aliphatic heterocycles. The molecule has 0 aliphatic rings. The minimum atomic E-state index is -3.42. The van der Waals surface area contributed by atoms with Gasteiger partial charge in [0.15, 0.2) is 9.84 Å². The molecule has 1 unspecified atom stereocenters. The maximum atomic E-state index is 11.4. The molecule has 8 heteroatoms. The van der Waals surface area contributed by atoms with Crippen molar-refractivity contribution in [3.8, 4) is 0 Å². The van der Waals surface area contributed by atoms with Crippen molar-refractivity contribution < 1.29 is 21.6 Å². The molecule has 92 valence electrons. The van der Waals surface area contributed by atoms with Crippen LogP contribution in [-0.2, 0) is 24.4 Å². The van der Waals surface area contributed by atoms with Crippen molar-refractivity contribution in [3.63, 3.8) is 0 Å². The van der Waals surface area contributed by atoms with Gasteiger partial charge in [0, 0.05) is 19.4 Å². The quantitative estimate of drug-likeness (QED) is 0.592. The lowest BCUT2D eigenvalue weighted by atomic mass is 10.4. The summed E-state index contributed by atoms with van der Waals surface area (Å²) < 4.78 is 49.0. The third-order valence-corrected chi connectivity index (χ3v) is 4.58. The Hall–Kier alpha value is -0.180. The SMILES string of the molecule is COCC(N)CS(=O)(=O)CCS(C)(=O)=O. The van der Waals surface area contributed by atoms with Crippen molar-refractivity contribution in [1.29, 1.82) is 0 Å². The van der Waals surface area contributed by atoms with Gasteiger partial charge in [-0.1, -0.05) is 0 Å². The first-order valence-corrected chi connectivity index (χ1v) is 8.17. The Kier molecular flexibility index (Phi) is 5.71. The van der Waals surface area contributed by atoms with E-state index < -0.39 is 25.7 Å². The Labute approximate surface area is 90.6 Å². The lowest BCUT2D eigenvalue weighted by molar-refractivity contribution is 0.186. The predicted molar refractivity (Wildman–Crippen MR) is 58.2 cm³/mol. The third kappa shape index (κ3) is 8.79. The number of methoxy groups -OCH3 is 1. The second-order valence-corrected chi connectivity index (χ2v) is 7.95. The van der Waals surface area contributed by atoms with Crippen LogP contribution >= 0.6 is 0 Å². The Morgan fingerprint density at radius 2 is 1.73 bits per heavy atom. The van der Waals surface area contributed by atoms with E-state index >= 15 is 0 Å². The van der Waals surface area contributed by atoms with Gasteiger partial charge in [0.1, 0.15) is 9.84 Å². The lowest BCUT2D eigenvalue weighted by Crippen LogP contribution is -2.35. The highest BCUT2D eigenvalue weighted by Crippen LogP contribution is 1.96. The van der Waals surface area contributed by atoms with Crippen molar-refractivity contribution in [2.24, 2.45) is 5.73 Å². The van der Waals surface area contributed by atoms with Crippen LogP contribution in [0.1, 0.15) is 0 Å². The number of rotatable bonds is 7. The van der Waals surface area contributed by atoms with Gasteiger partial charge in [0.2, 0.25) is 0 Å². The highest BCUT2D eigenvalue weighted by atomic mass is 32.2. The normalized spacial score (nSPS) is 15.1. The first kappa shape index (κ1) is 14.8. The Balaban J connectivity index is 4.21. The number of hydrogen-bond donors (Lipinski definition) is 1. The van der Waals surface area contributed by atoms with Crippen molar-refractivity contribution in [2.45, 2.75) is 6.04 Å². The summed E-state index contributed by atoms with van der Waals surface area (Å²) >= 11 is 0. The molecule has 0 heterocycles. The van der Waals surface area contributed by atoms with Crippen LogP contribution in [0.3, 0.4) is 0 Å². The molecule has 2 N–H and O–H groups in total. The molecular formula is C7H17NO5S2. The van der Waals surface area contributed by atoms with E-state index in [1.165, 1.54) is 7.11 Å². The van der Waals surface area contributed by atoms with Gasteiger partial charge >= 0.3 is 0 Å². The minimum absolute atomic E-state index is 0.137. The summed E-state index contributed by atoms with van der Waals surface area (Å²) in [5.41, 5.74) is 5.46. The minimum Gasteiger partial charge on any atom is -0.383 e. The van der Waals surface area contributed by atoms with Gasteiger partial charge in [-0.2, -0.15) is 0 Å². The molecule has 0 aromatic rings. The van der Waals surface area contributed by atoms with E-state index in [1.807, 2.05) is 0 Å². The van der Waals surface area contributed by atoms with Crippen LogP contribution in [0.5, 0.6) is 0 Å². The zero-order valence-electron chi connectivity index (χ0n) is 8.84. The van der Waals surface area contributed by atoms with Crippen molar-refractivity contribution in [2.75, 3.05) is 37.2 Å². The topological polar surface area (TPSA) is 104 Å². The smallest absolute Gasteiger partial charge is 0.152 e. The van der Waals surface area contributed by atoms with E-state index in [2.05, 4.69) is 4.74 Å². The molecule has 6 nitrogen and oxygen atoms in total. The molecule has 0 radical (unpaired) electrons. The molecule has 0 aromatic carbocycles. The van der Waals surface area contributed by atoms with Gasteiger partial charge < -0.3 is 10.5 Å². The average Bonchev–Trinajstić information content (AvgIpc) is 1.99. The summed E-state index contributed by atoms with van der Waals surface area (Å²) in [6.45, 7) is 0.137. The summed E-state index contributed by atoms with van der Waals surface area (Å²) in [5.74, 6) is -1.01. The van der Waals surface area contributed by atoms with Crippen LogP contribution in [0.2, 0.25) is 0 Å². The van der Waals surface area contributed by atoms with Crippen LogP contribution in [0.15, 0.2) is 0 Å². The maximum Gasteiger partial charge on any atom is 0.152 e. The molecule has 0 saturated heterocycles. The standard InChI is InChI=1S/C7H17NO5S2/c1-13-5-7(8)6-15(11,12)4-3-14(2,9)10/h7H,3-6,8H2,1-2H3. The van der Waals surface area contributed by atoms with E-state index in [0.29, 0.717) is 0 Å². The van der Waals surface area contributed by atoms with Crippen molar-refractivity contribution in [1.82, 2.24) is 0 Å². The summed E-state index contributed by atoms with van der Waals surface area (Å²) in [6.07, 6.45) is 0.998. The fourth-order valence-corrected chi connectivity index (χ4v) is 4.09. The second-order valence-electron chi connectivity index (χ2n) is 3.46. The van der Waals surface area contributed by atoms with E-state index in [4.69, 9.17) is 5.73 Å². The van der Waals surface area contributed by atoms with Crippen molar-refractivity contribution >= 4 is 19.7 Å². The fraction of sp³-hybridized carbons (Fsp3) is 1.00. The monoisotopic (exact) mass is 259 g/mol. The van der Waals surface area contributed by atoms with Gasteiger partial charge in [-0.15, -0.1) is 0 Å². The summed E-state index contributed by atoms with van der Waals surface area (Å²) in [4.78, 5) is 0. The van der Waals surface area contributed by atoms with Crippen LogP contribution in [0, 0.1) is 0 Å². The molecule has 0 bridgehead atoms. The largest absolute Gasteiger partial charge is 0.383 e. The molecule has 0 spiro atoms. The first-order chi connectivity index (χ1) is 6.66. The average molecular weight is 259 g/mol. The molecule has 0 fully saturated rings. The number of nitrogens with two attached hydrogens (primary N) is 1. The molecule has 1 atom stereocenters. The first-order valence-electron chi connectivity index (χ1n) is 4.29. The zero-order chi connectivity index (χ0) is 12.1. The zero-order valence-corrected chi connectivity index (χ0v) is 10.5. The van der Waals surface area contributed by atoms with E-state index in [9.17, 15) is 16.8 Å². The highest BCUT2D eigenvalue weighted by molar-refractivity contribution is 7.94. The third-order valence-electron chi connectivity index (χ3n) is 1.61. The lowest BCUT2D eigenvalue weighted by Gasteiger charge is -2.10. The number of hydrogen-bond acceptors (Lipinski definition) is 6. The Bertz CT molecular complexity index is 372. The molecule has 0 rings (SSSR count). The number of sulfone groups is 2. The molecule has 0 aliphatic carbocycles. The molecule has 0 amide bonds. The van der Waals surface area contributed by atoms with Crippen LogP contribution < -0.4 is 5.73 Å². The Morgan fingerprint density at radius 3 is 2.13 bits per heavy atom. The van der Waals surface area contributed by atoms with Gasteiger partial charge in [-0.05, 0) is 0 Å². The van der Waals surface area contributed by atoms with Gasteiger partial charge in [-0.3, -0.25) is 0 Å². The molecule has 15 heavy (non-hydrogen) atoms. The van der Waals surface area contributed by atoms with E-state index in [0.717, 1.165) is 6.26 Å². The molecular weight excluding hydrogens is 242 g/mol. The van der Waals surface area contributed by atoms with Gasteiger partial charge in [-0.25, -0.2) is 16.8 Å². The fourth-order valence-electron chi connectivity index (χ4n) is 0.950. The maximum absolute atomic E-state index is 11.4. The summed E-state index contributed by atoms with van der Waals surface area (Å²) in [6, 6.07) is -0.612. The van der Waals surface area contributed by atoms with Gasteiger partial charge in [0.05, 0.1) is 23.9 Å². The summed E-state index contributed by atoms with van der Waals surface area (Å²) in [5, 5.41) is 0. The highest BCUT2D eigenvalue weighted by Gasteiger charge is 2.18. The molecule has 0 saturated carbocycles. The number of ether oxygens (including phenoxy) is 1. The molecule has 0 aromatic heterocycles. The summed E-state index contributed by atoms with van der Waals surface area (Å²) in [7, 11) is -5.26.